The van der Waals surface area contributed by atoms with Crippen molar-refractivity contribution >= 4 is 16.7 Å². The molecule has 3 aromatic rings. The van der Waals surface area contributed by atoms with Crippen LogP contribution in [0.5, 0.6) is 11.5 Å². The lowest BCUT2D eigenvalue weighted by molar-refractivity contribution is -0.141. The van der Waals surface area contributed by atoms with Gasteiger partial charge in [-0.1, -0.05) is 13.0 Å². The Kier molecular flexibility index (Phi) is 7.34. The van der Waals surface area contributed by atoms with Gasteiger partial charge in [-0.2, -0.15) is 13.2 Å². The fourth-order valence-electron chi connectivity index (χ4n) is 3.15. The Labute approximate surface area is 184 Å². The summed E-state index contributed by atoms with van der Waals surface area (Å²) in [5, 5.41) is 3.72. The molecule has 10 heteroatoms. The molecule has 3 rings (SSSR count). The summed E-state index contributed by atoms with van der Waals surface area (Å²) in [4.78, 5) is 12.6. The van der Waals surface area contributed by atoms with Crippen LogP contribution >= 0.6 is 0 Å². The Morgan fingerprint density at radius 2 is 1.84 bits per heavy atom. The van der Waals surface area contributed by atoms with Crippen LogP contribution in [0, 0.1) is 6.92 Å². The molecule has 0 bridgehead atoms. The van der Waals surface area contributed by atoms with Gasteiger partial charge in [0.05, 0.1) is 31.5 Å². The maximum atomic E-state index is 13.0. The van der Waals surface area contributed by atoms with Crippen molar-refractivity contribution in [3.8, 4) is 11.5 Å². The topological polar surface area (TPSA) is 78.4 Å². The highest BCUT2D eigenvalue weighted by Gasteiger charge is 2.32. The van der Waals surface area contributed by atoms with Crippen LogP contribution in [0.25, 0.3) is 10.9 Å². The zero-order valence-corrected chi connectivity index (χ0v) is 18.3. The van der Waals surface area contributed by atoms with Crippen molar-refractivity contribution in [2.75, 3.05) is 26.1 Å². The van der Waals surface area contributed by atoms with E-state index in [0.717, 1.165) is 12.5 Å². The first-order chi connectivity index (χ1) is 15.2. The van der Waals surface area contributed by atoms with Gasteiger partial charge in [-0.25, -0.2) is 15.0 Å². The molecule has 0 aliphatic heterocycles. The summed E-state index contributed by atoms with van der Waals surface area (Å²) >= 11 is 0. The fraction of sp³-hybridized carbons (Fsp3) is 0.409. The fourth-order valence-corrected chi connectivity index (χ4v) is 3.15. The molecule has 2 aromatic heterocycles. The molecular formula is C22H25F3N4O3. The van der Waals surface area contributed by atoms with Crippen molar-refractivity contribution in [2.45, 2.75) is 39.1 Å². The predicted molar refractivity (Wildman–Crippen MR) is 114 cm³/mol. The molecule has 7 nitrogen and oxygen atoms in total. The summed E-state index contributed by atoms with van der Waals surface area (Å²) in [5.74, 6) is 1.96. The Hall–Kier alpha value is -3.14. The molecule has 172 valence electrons. The van der Waals surface area contributed by atoms with Crippen molar-refractivity contribution in [3.63, 3.8) is 0 Å². The summed E-state index contributed by atoms with van der Waals surface area (Å²) in [7, 11) is 3.14. The van der Waals surface area contributed by atoms with Gasteiger partial charge in [0.2, 0.25) is 0 Å². The average molecular weight is 450 g/mol. The van der Waals surface area contributed by atoms with Gasteiger partial charge in [0.25, 0.3) is 0 Å². The van der Waals surface area contributed by atoms with Crippen LogP contribution < -0.4 is 14.8 Å². The van der Waals surface area contributed by atoms with Gasteiger partial charge in [-0.05, 0) is 31.5 Å². The number of hydrogen-bond donors (Lipinski definition) is 1. The summed E-state index contributed by atoms with van der Waals surface area (Å²) in [6.07, 6.45) is -3.95. The van der Waals surface area contributed by atoms with E-state index in [1.165, 1.54) is 19.2 Å². The van der Waals surface area contributed by atoms with Crippen LogP contribution in [0.4, 0.5) is 19.0 Å². The van der Waals surface area contributed by atoms with Crippen LogP contribution in [0.3, 0.4) is 0 Å². The lowest BCUT2D eigenvalue weighted by Crippen LogP contribution is -2.21. The van der Waals surface area contributed by atoms with Crippen molar-refractivity contribution in [1.29, 1.82) is 0 Å². The van der Waals surface area contributed by atoms with Gasteiger partial charge in [-0.15, -0.1) is 0 Å². The number of nitrogens with one attached hydrogen (secondary N) is 1. The molecule has 1 N–H and O–H groups in total. The zero-order valence-electron chi connectivity index (χ0n) is 18.3. The lowest BCUT2D eigenvalue weighted by Gasteiger charge is -2.19. The Bertz CT molecular complexity index is 1080. The first kappa shape index (κ1) is 23.5. The average Bonchev–Trinajstić information content (AvgIpc) is 2.76. The molecule has 1 atom stereocenters. The van der Waals surface area contributed by atoms with Crippen molar-refractivity contribution in [1.82, 2.24) is 15.0 Å². The lowest BCUT2D eigenvalue weighted by atomic mass is 10.2. The number of halogens is 3. The number of methoxy groups -OCH3 is 2. The molecule has 0 amide bonds. The molecular weight excluding hydrogens is 425 g/mol. The smallest absolute Gasteiger partial charge is 0.433 e. The zero-order chi connectivity index (χ0) is 23.3. The van der Waals surface area contributed by atoms with Gasteiger partial charge in [0.15, 0.2) is 11.5 Å². The van der Waals surface area contributed by atoms with Crippen LogP contribution in [0.1, 0.15) is 30.6 Å². The molecule has 0 aliphatic rings. The minimum absolute atomic E-state index is 0.0545. The molecule has 1 aromatic carbocycles. The third-order valence-electron chi connectivity index (χ3n) is 4.73. The molecule has 0 saturated heterocycles. The third-order valence-corrected chi connectivity index (χ3v) is 4.73. The van der Waals surface area contributed by atoms with Gasteiger partial charge < -0.3 is 19.5 Å². The molecule has 0 spiro atoms. The SMILES string of the molecule is CCC(COC)Oc1cc2c(NCc3cccc(C(F)(F)F)n3)nc(C)nc2cc1OC. The number of rotatable bonds is 9. The summed E-state index contributed by atoms with van der Waals surface area (Å²) in [6.45, 7) is 4.18. The number of aryl methyl sites for hydroxylation is 1. The largest absolute Gasteiger partial charge is 0.493 e. The third kappa shape index (κ3) is 5.56. The second-order valence-corrected chi connectivity index (χ2v) is 7.11. The minimum Gasteiger partial charge on any atom is -0.493 e. The number of hydrogen-bond acceptors (Lipinski definition) is 7. The summed E-state index contributed by atoms with van der Waals surface area (Å²) in [5.41, 5.74) is -0.0916. The number of benzene rings is 1. The molecule has 0 fully saturated rings. The van der Waals surface area contributed by atoms with Crippen LogP contribution in [-0.2, 0) is 17.5 Å². The van der Waals surface area contributed by atoms with E-state index >= 15 is 0 Å². The van der Waals surface area contributed by atoms with E-state index in [1.54, 1.807) is 26.2 Å². The second kappa shape index (κ2) is 9.99. The van der Waals surface area contributed by atoms with E-state index in [-0.39, 0.29) is 18.3 Å². The normalized spacial score (nSPS) is 12.6. The second-order valence-electron chi connectivity index (χ2n) is 7.11. The monoisotopic (exact) mass is 450 g/mol. The number of fused-ring (bicyclic) bond motifs is 1. The van der Waals surface area contributed by atoms with Crippen LogP contribution in [0.15, 0.2) is 30.3 Å². The standard InChI is InChI=1S/C22H25F3N4O3/c1-5-15(12-30-3)32-19-9-16-17(10-18(19)31-4)27-13(2)28-21(16)26-11-14-7-6-8-20(29-14)22(23,24)25/h6-10,15H,5,11-12H2,1-4H3,(H,26,27,28). The van der Waals surface area contributed by atoms with Gasteiger partial charge in [-0.3, -0.25) is 0 Å². The van der Waals surface area contributed by atoms with E-state index < -0.39 is 11.9 Å². The van der Waals surface area contributed by atoms with E-state index in [0.29, 0.717) is 40.7 Å². The maximum Gasteiger partial charge on any atom is 0.433 e. The van der Waals surface area contributed by atoms with Crippen LogP contribution in [-0.4, -0.2) is 41.9 Å². The minimum atomic E-state index is -4.50. The van der Waals surface area contributed by atoms with Gasteiger partial charge in [0.1, 0.15) is 23.4 Å². The number of pyridine rings is 1. The highest BCUT2D eigenvalue weighted by atomic mass is 19.4. The number of nitrogens with zero attached hydrogens (tertiary/aromatic N) is 3. The van der Waals surface area contributed by atoms with Gasteiger partial charge >= 0.3 is 6.18 Å². The molecule has 0 radical (unpaired) electrons. The van der Waals surface area contributed by atoms with E-state index in [9.17, 15) is 13.2 Å². The number of anilines is 1. The van der Waals surface area contributed by atoms with Crippen molar-refractivity contribution in [3.05, 3.63) is 47.5 Å². The highest BCUT2D eigenvalue weighted by molar-refractivity contribution is 5.91. The number of ether oxygens (including phenoxy) is 3. The van der Waals surface area contributed by atoms with E-state index in [2.05, 4.69) is 20.3 Å². The maximum absolute atomic E-state index is 13.0. The highest BCUT2D eigenvalue weighted by Crippen LogP contribution is 2.35. The first-order valence-electron chi connectivity index (χ1n) is 10.0. The first-order valence-corrected chi connectivity index (χ1v) is 10.0. The molecule has 0 saturated carbocycles. The van der Waals surface area contributed by atoms with E-state index in [1.807, 2.05) is 6.92 Å². The Morgan fingerprint density at radius 3 is 2.50 bits per heavy atom. The van der Waals surface area contributed by atoms with E-state index in [4.69, 9.17) is 14.2 Å². The molecule has 32 heavy (non-hydrogen) atoms. The number of aromatic nitrogens is 3. The number of alkyl halides is 3. The van der Waals surface area contributed by atoms with Crippen LogP contribution in [0.2, 0.25) is 0 Å². The summed E-state index contributed by atoms with van der Waals surface area (Å²) < 4.78 is 55.6. The molecule has 0 aliphatic carbocycles. The van der Waals surface area contributed by atoms with Crippen molar-refractivity contribution in [2.24, 2.45) is 0 Å². The quantitative estimate of drug-likeness (QED) is 0.503. The predicted octanol–water partition coefficient (Wildman–Crippen LogP) is 4.78. The van der Waals surface area contributed by atoms with Crippen molar-refractivity contribution < 1.29 is 27.4 Å². The Balaban J connectivity index is 1.95. The molecule has 1 unspecified atom stereocenters. The molecule has 2 heterocycles. The Morgan fingerprint density at radius 1 is 1.06 bits per heavy atom. The van der Waals surface area contributed by atoms with Gasteiger partial charge in [0, 0.05) is 18.6 Å². The summed E-state index contributed by atoms with van der Waals surface area (Å²) in [6, 6.07) is 7.29.